The second kappa shape index (κ2) is 10.5. The maximum Gasteiger partial charge on any atom is 0.270 e. The van der Waals surface area contributed by atoms with Gasteiger partial charge in [-0.15, -0.1) is 0 Å². The molecule has 8 heteroatoms. The highest BCUT2D eigenvalue weighted by Crippen LogP contribution is 2.37. The second-order valence-corrected chi connectivity index (χ2v) is 10.7. The van der Waals surface area contributed by atoms with Gasteiger partial charge in [-0.3, -0.25) is 19.4 Å². The maximum atomic E-state index is 13.8. The van der Waals surface area contributed by atoms with E-state index in [1.165, 1.54) is 27.6 Å². The molecular weight excluding hydrogens is 568 g/mol. The number of hydrogen-bond donors (Lipinski definition) is 0. The molecule has 2 amide bonds. The highest BCUT2D eigenvalue weighted by Gasteiger charge is 2.41. The highest BCUT2D eigenvalue weighted by molar-refractivity contribution is 9.10. The number of aryl methyl sites for hydroxylation is 2. The molecule has 0 radical (unpaired) electrons. The largest absolute Gasteiger partial charge is 0.449 e. The molecule has 0 N–H and O–H groups in total. The number of halogens is 1. The molecule has 5 nitrogen and oxygen atoms in total. The molecule has 184 valence electrons. The number of furan rings is 1. The Morgan fingerprint density at radius 3 is 2.08 bits per heavy atom. The lowest BCUT2D eigenvalue weighted by atomic mass is 10.1. The minimum atomic E-state index is -0.508. The fourth-order valence-corrected chi connectivity index (χ4v) is 5.60. The lowest BCUT2D eigenvalue weighted by Gasteiger charge is -2.36. The van der Waals surface area contributed by atoms with E-state index in [9.17, 15) is 9.59 Å². The summed E-state index contributed by atoms with van der Waals surface area (Å²) in [5, 5.41) is 0.720. The van der Waals surface area contributed by atoms with Crippen LogP contribution in [0, 0.1) is 13.8 Å². The molecule has 4 aromatic rings. The average molecular weight is 590 g/mol. The third kappa shape index (κ3) is 5.05. The van der Waals surface area contributed by atoms with Crippen molar-refractivity contribution in [2.45, 2.75) is 23.8 Å². The van der Waals surface area contributed by atoms with Gasteiger partial charge >= 0.3 is 0 Å². The van der Waals surface area contributed by atoms with E-state index in [4.69, 9.17) is 16.6 Å². The first-order valence-corrected chi connectivity index (χ1v) is 13.4. The van der Waals surface area contributed by atoms with Gasteiger partial charge in [-0.05, 0) is 102 Å². The van der Waals surface area contributed by atoms with Gasteiger partial charge in [-0.2, -0.15) is 0 Å². The second-order valence-electron chi connectivity index (χ2n) is 8.43. The monoisotopic (exact) mass is 588 g/mol. The first kappa shape index (κ1) is 25.2. The molecule has 37 heavy (non-hydrogen) atoms. The number of carbonyl (C=O) groups is 2. The third-order valence-corrected chi connectivity index (χ3v) is 8.14. The van der Waals surface area contributed by atoms with E-state index in [1.807, 2.05) is 80.6 Å². The molecule has 0 unspecified atom stereocenters. The van der Waals surface area contributed by atoms with Gasteiger partial charge in [0, 0.05) is 4.90 Å². The van der Waals surface area contributed by atoms with Crippen LogP contribution in [0.1, 0.15) is 16.9 Å². The zero-order valence-electron chi connectivity index (χ0n) is 20.0. The van der Waals surface area contributed by atoms with E-state index in [-0.39, 0.29) is 10.7 Å². The van der Waals surface area contributed by atoms with Crippen LogP contribution in [0.3, 0.4) is 0 Å². The van der Waals surface area contributed by atoms with Gasteiger partial charge in [-0.1, -0.05) is 54.2 Å². The van der Waals surface area contributed by atoms with Crippen molar-refractivity contribution >= 4 is 74.3 Å². The molecule has 1 saturated heterocycles. The Bertz CT molecular complexity index is 1550. The summed E-state index contributed by atoms with van der Waals surface area (Å²) in [5.74, 6) is -0.635. The Kier molecular flexibility index (Phi) is 7.15. The normalized spacial score (nSPS) is 15.1. The quantitative estimate of drug-likeness (QED) is 0.137. The van der Waals surface area contributed by atoms with Crippen molar-refractivity contribution in [3.63, 3.8) is 0 Å². The predicted octanol–water partition coefficient (Wildman–Crippen LogP) is 7.56. The minimum absolute atomic E-state index is 0.0480. The van der Waals surface area contributed by atoms with Crippen LogP contribution in [0.4, 0.5) is 11.4 Å². The summed E-state index contributed by atoms with van der Waals surface area (Å²) in [6.07, 6.45) is 1.48. The minimum Gasteiger partial charge on any atom is -0.449 e. The Morgan fingerprint density at radius 1 is 0.811 bits per heavy atom. The summed E-state index contributed by atoms with van der Waals surface area (Å²) in [6.45, 7) is 3.97. The van der Waals surface area contributed by atoms with Crippen molar-refractivity contribution in [3.8, 4) is 0 Å². The summed E-state index contributed by atoms with van der Waals surface area (Å²) in [5.41, 5.74) is 3.23. The first-order valence-electron chi connectivity index (χ1n) is 11.4. The first-order chi connectivity index (χ1) is 17.8. The standard InChI is InChI=1S/C29H21BrN2O3S2/c1-18-13-14-21(15-19(18)2)32-27(34)24(26(33)31(29(32)36)20-9-5-3-6-10-20)16-22-17-25(30)28(35-22)37-23-11-7-4-8-12-23/h3-17H,1-2H3/b24-16-. The summed E-state index contributed by atoms with van der Waals surface area (Å²) < 4.78 is 6.75. The topological polar surface area (TPSA) is 53.8 Å². The number of benzene rings is 3. The lowest BCUT2D eigenvalue weighted by molar-refractivity contribution is -0.120. The molecule has 3 aromatic carbocycles. The molecule has 5 rings (SSSR count). The number of para-hydroxylation sites is 1. The molecule has 0 atom stereocenters. The zero-order chi connectivity index (χ0) is 26.1. The number of rotatable bonds is 5. The SMILES string of the molecule is Cc1ccc(N2C(=O)/C(=C\c3cc(Br)c(Sc4ccccc4)o3)C(=O)N(c3ccccc3)C2=S)cc1C. The molecule has 1 fully saturated rings. The molecule has 0 bridgehead atoms. The van der Waals surface area contributed by atoms with Crippen LogP contribution < -0.4 is 9.80 Å². The van der Waals surface area contributed by atoms with Crippen molar-refractivity contribution in [1.29, 1.82) is 0 Å². The highest BCUT2D eigenvalue weighted by atomic mass is 79.9. The van der Waals surface area contributed by atoms with Gasteiger partial charge in [0.25, 0.3) is 11.8 Å². The summed E-state index contributed by atoms with van der Waals surface area (Å²) in [4.78, 5) is 31.3. The van der Waals surface area contributed by atoms with Crippen LogP contribution in [0.15, 0.2) is 109 Å². The molecule has 1 aliphatic rings. The van der Waals surface area contributed by atoms with Crippen molar-refractivity contribution in [1.82, 2.24) is 0 Å². The molecule has 1 aliphatic heterocycles. The Balaban J connectivity index is 1.58. The van der Waals surface area contributed by atoms with Gasteiger partial charge in [0.2, 0.25) is 0 Å². The van der Waals surface area contributed by atoms with E-state index in [1.54, 1.807) is 18.2 Å². The van der Waals surface area contributed by atoms with Gasteiger partial charge in [0.1, 0.15) is 11.3 Å². The smallest absolute Gasteiger partial charge is 0.270 e. The molecule has 0 aliphatic carbocycles. The van der Waals surface area contributed by atoms with Crippen LogP contribution >= 0.6 is 39.9 Å². The Hall–Kier alpha value is -3.46. The van der Waals surface area contributed by atoms with Crippen LogP contribution in [0.5, 0.6) is 0 Å². The molecule has 1 aromatic heterocycles. The van der Waals surface area contributed by atoms with Crippen molar-refractivity contribution in [2.75, 3.05) is 9.80 Å². The average Bonchev–Trinajstić information content (AvgIpc) is 3.23. The number of thiocarbonyl (C=S) groups is 1. The number of amides is 2. The summed E-state index contributed by atoms with van der Waals surface area (Å²) in [7, 11) is 0. The van der Waals surface area contributed by atoms with E-state index < -0.39 is 11.8 Å². The van der Waals surface area contributed by atoms with Crippen LogP contribution in [0.2, 0.25) is 0 Å². The van der Waals surface area contributed by atoms with Gasteiger partial charge in [0.15, 0.2) is 10.2 Å². The van der Waals surface area contributed by atoms with Crippen LogP contribution in [-0.2, 0) is 9.59 Å². The van der Waals surface area contributed by atoms with Crippen LogP contribution in [-0.4, -0.2) is 16.9 Å². The lowest BCUT2D eigenvalue weighted by Crippen LogP contribution is -2.57. The van der Waals surface area contributed by atoms with E-state index in [0.29, 0.717) is 22.2 Å². The Labute approximate surface area is 232 Å². The number of hydrogen-bond acceptors (Lipinski definition) is 5. The molecule has 2 heterocycles. The van der Waals surface area contributed by atoms with E-state index >= 15 is 0 Å². The molecule has 0 saturated carbocycles. The van der Waals surface area contributed by atoms with Gasteiger partial charge in [0.05, 0.1) is 15.8 Å². The zero-order valence-corrected chi connectivity index (χ0v) is 23.2. The fourth-order valence-electron chi connectivity index (χ4n) is 3.87. The van der Waals surface area contributed by atoms with Crippen molar-refractivity contribution < 1.29 is 14.0 Å². The van der Waals surface area contributed by atoms with E-state index in [2.05, 4.69) is 15.9 Å². The maximum absolute atomic E-state index is 13.8. The fraction of sp³-hybridized carbons (Fsp3) is 0.0690. The number of carbonyl (C=O) groups excluding carboxylic acids is 2. The van der Waals surface area contributed by atoms with Crippen LogP contribution in [0.25, 0.3) is 6.08 Å². The number of nitrogens with zero attached hydrogens (tertiary/aromatic N) is 2. The summed E-state index contributed by atoms with van der Waals surface area (Å²) in [6, 6.07) is 26.3. The Morgan fingerprint density at radius 2 is 1.43 bits per heavy atom. The van der Waals surface area contributed by atoms with E-state index in [0.717, 1.165) is 20.5 Å². The number of anilines is 2. The molecule has 0 spiro atoms. The summed E-state index contributed by atoms with van der Waals surface area (Å²) >= 11 is 10.7. The van der Waals surface area contributed by atoms with Crippen molar-refractivity contribution in [2.24, 2.45) is 0 Å². The predicted molar refractivity (Wildman–Crippen MR) is 155 cm³/mol. The van der Waals surface area contributed by atoms with Gasteiger partial charge in [-0.25, -0.2) is 0 Å². The van der Waals surface area contributed by atoms with Gasteiger partial charge < -0.3 is 4.42 Å². The van der Waals surface area contributed by atoms with Crippen molar-refractivity contribution in [3.05, 3.63) is 112 Å². The third-order valence-electron chi connectivity index (χ3n) is 5.93. The molecular formula is C29H21BrN2O3S2.